The summed E-state index contributed by atoms with van der Waals surface area (Å²) in [6, 6.07) is 77.6. The van der Waals surface area contributed by atoms with Crippen LogP contribution in [-0.2, 0) is 28.1 Å². The van der Waals surface area contributed by atoms with Crippen LogP contribution < -0.4 is 61.9 Å². The van der Waals surface area contributed by atoms with Crippen LogP contribution >= 0.6 is 0 Å². The Hall–Kier alpha value is -8.87. The lowest BCUT2D eigenvalue weighted by Gasteiger charge is -2.46. The van der Waals surface area contributed by atoms with Crippen molar-refractivity contribution in [1.82, 2.24) is 0 Å². The summed E-state index contributed by atoms with van der Waals surface area (Å²) in [5.74, 6) is 3.66. The van der Waals surface area contributed by atoms with Gasteiger partial charge in [-0.05, 0) is 174 Å². The van der Waals surface area contributed by atoms with Crippen molar-refractivity contribution in [2.75, 3.05) is 26.1 Å². The fourth-order valence-corrected chi connectivity index (χ4v) is 14.5. The Bertz CT molecular complexity index is 4240. The van der Waals surface area contributed by atoms with Crippen molar-refractivity contribution < 1.29 is 9.47 Å². The van der Waals surface area contributed by atoms with Gasteiger partial charge in [0.05, 0.1) is 11.4 Å². The fourth-order valence-electron chi connectivity index (χ4n) is 14.5. The highest BCUT2D eigenvalue weighted by Crippen LogP contribution is 2.51. The minimum Gasteiger partial charge on any atom is -0.458 e. The molecular formula is C79H76B2N4O2. The highest BCUT2D eigenvalue weighted by molar-refractivity contribution is 7.02. The molecule has 0 aromatic heterocycles. The summed E-state index contributed by atoms with van der Waals surface area (Å²) in [5.41, 5.74) is 26.2. The number of hydrogen-bond donors (Lipinski definition) is 0. The van der Waals surface area contributed by atoms with Crippen molar-refractivity contribution in [3.63, 3.8) is 0 Å². The van der Waals surface area contributed by atoms with Crippen molar-refractivity contribution in [2.24, 2.45) is 0 Å². The first kappa shape index (κ1) is 54.8. The maximum absolute atomic E-state index is 7.88. The Labute approximate surface area is 516 Å². The van der Waals surface area contributed by atoms with Gasteiger partial charge in [0.25, 0.3) is 13.4 Å². The Morgan fingerprint density at radius 2 is 0.805 bits per heavy atom. The number of fused-ring (bicyclic) bond motifs is 9. The highest BCUT2D eigenvalue weighted by Gasteiger charge is 2.49. The topological polar surface area (TPSA) is 31.4 Å². The summed E-state index contributed by atoms with van der Waals surface area (Å²) in [5, 5.41) is 0. The molecule has 0 bridgehead atoms. The second kappa shape index (κ2) is 19.8. The molecule has 0 spiro atoms. The molecule has 10 aromatic carbocycles. The number of rotatable bonds is 7. The lowest BCUT2D eigenvalue weighted by atomic mass is 9.30. The van der Waals surface area contributed by atoms with Crippen LogP contribution in [0.2, 0.25) is 0 Å². The number of nitrogens with zero attached hydrogens (tertiary/aromatic N) is 4. The molecule has 5 aliphatic rings. The molecule has 0 unspecified atom stereocenters. The maximum atomic E-state index is 7.88. The van der Waals surface area contributed by atoms with Crippen molar-refractivity contribution >= 4 is 109 Å². The molecule has 0 aliphatic carbocycles. The van der Waals surface area contributed by atoms with E-state index in [2.05, 4.69) is 309 Å². The van der Waals surface area contributed by atoms with Crippen LogP contribution in [0.4, 0.5) is 62.6 Å². The van der Waals surface area contributed by atoms with Crippen molar-refractivity contribution in [2.45, 2.75) is 118 Å². The summed E-state index contributed by atoms with van der Waals surface area (Å²) >= 11 is 0. The van der Waals surface area contributed by atoms with Gasteiger partial charge in [0.15, 0.2) is 0 Å². The van der Waals surface area contributed by atoms with Gasteiger partial charge in [0.2, 0.25) is 0 Å². The minimum atomic E-state index is -0.118. The third-order valence-electron chi connectivity index (χ3n) is 19.1. The van der Waals surface area contributed by atoms with Gasteiger partial charge in [-0.15, -0.1) is 0 Å². The third kappa shape index (κ3) is 9.07. The lowest BCUT2D eigenvalue weighted by Crippen LogP contribution is -2.64. The van der Waals surface area contributed by atoms with Crippen LogP contribution in [0.1, 0.15) is 117 Å². The monoisotopic (exact) mass is 1130 g/mol. The van der Waals surface area contributed by atoms with Crippen molar-refractivity contribution in [3.8, 4) is 23.0 Å². The molecule has 0 radical (unpaired) electrons. The second-order valence-electron chi connectivity index (χ2n) is 28.9. The van der Waals surface area contributed by atoms with Gasteiger partial charge < -0.3 is 29.1 Å². The number of hydrogen-bond acceptors (Lipinski definition) is 6. The summed E-state index contributed by atoms with van der Waals surface area (Å²) in [6.07, 6.45) is 1.85. The van der Waals surface area contributed by atoms with E-state index in [4.69, 9.17) is 9.47 Å². The Morgan fingerprint density at radius 1 is 0.368 bits per heavy atom. The molecule has 5 aliphatic heterocycles. The molecule has 0 N–H and O–H groups in total. The van der Waals surface area contributed by atoms with E-state index in [1.54, 1.807) is 0 Å². The van der Waals surface area contributed by atoms with Crippen LogP contribution in [0.5, 0.6) is 23.0 Å². The standard InChI is InChI=1S/C79H76B2N4O2/c1-76(2,3)50-28-36-55(37-29-50)83(56-38-30-51(31-39-56)77(4,5)6)59-45-67-72-70(47-59)86-69-27-19-17-25-63(69)81(72)64-49-65-75(61-23-20-44-82(67)74(61)64)87-71-48-60(46-68-73(71)80(65)62-24-16-18-26-66(62)85(68)54-21-14-13-15-22-54)84(57-40-32-52(33-41-57)78(7,8)9)58-42-34-53(35-43-58)79(10,11)12/h13-19,21-22,24-43,45-49H,20,23,44H2,1-12H3. The van der Waals surface area contributed by atoms with Crippen molar-refractivity contribution in [1.29, 1.82) is 0 Å². The van der Waals surface area contributed by atoms with E-state index in [0.29, 0.717) is 0 Å². The van der Waals surface area contributed by atoms with Crippen LogP contribution in [0.25, 0.3) is 0 Å². The first-order chi connectivity index (χ1) is 41.7. The molecule has 15 rings (SSSR count). The summed E-state index contributed by atoms with van der Waals surface area (Å²) in [6.45, 7) is 28.1. The molecule has 0 amide bonds. The smallest absolute Gasteiger partial charge is 0.256 e. The SMILES string of the molecule is CC(C)(C)c1ccc(N(c2ccc(C(C)(C)C)cc2)c2cc3c4c(c2)N2CCCc5c6c(cc(c52)B4c2ccccc2O3)B2c3ccccc3N(c3ccccc3)c3cc(N(c4ccc(C(C)(C)C)cc4)c4ccc(C(C)(C)C)cc4)cc(c32)O6)cc1. The molecule has 87 heavy (non-hydrogen) atoms. The minimum absolute atomic E-state index is 0.00156. The normalized spacial score (nSPS) is 14.4. The van der Waals surface area contributed by atoms with Gasteiger partial charge in [-0.25, -0.2) is 0 Å². The molecule has 5 heterocycles. The molecular weight excluding hydrogens is 1060 g/mol. The Balaban J connectivity index is 0.953. The quantitative estimate of drug-likeness (QED) is 0.148. The van der Waals surface area contributed by atoms with E-state index < -0.39 is 0 Å². The molecule has 6 nitrogen and oxygen atoms in total. The first-order valence-corrected chi connectivity index (χ1v) is 31.4. The van der Waals surface area contributed by atoms with Gasteiger partial charge in [-0.2, -0.15) is 0 Å². The fraction of sp³-hybridized carbons (Fsp3) is 0.241. The average Bonchev–Trinajstić information content (AvgIpc) is 0.704. The number of benzene rings is 10. The Morgan fingerprint density at radius 3 is 1.32 bits per heavy atom. The second-order valence-corrected chi connectivity index (χ2v) is 28.9. The molecule has 8 heteroatoms. The van der Waals surface area contributed by atoms with E-state index in [0.717, 1.165) is 87.9 Å². The van der Waals surface area contributed by atoms with Gasteiger partial charge in [-0.1, -0.05) is 192 Å². The van der Waals surface area contributed by atoms with Crippen LogP contribution in [0.3, 0.4) is 0 Å². The lowest BCUT2D eigenvalue weighted by molar-refractivity contribution is 0.478. The Kier molecular flexibility index (Phi) is 12.5. The summed E-state index contributed by atoms with van der Waals surface area (Å²) < 4.78 is 15.1. The van der Waals surface area contributed by atoms with E-state index in [1.807, 2.05) is 0 Å². The van der Waals surface area contributed by atoms with E-state index in [9.17, 15) is 0 Å². The molecule has 0 atom stereocenters. The van der Waals surface area contributed by atoms with Gasteiger partial charge in [0.1, 0.15) is 23.0 Å². The molecule has 0 saturated heterocycles. The average molecular weight is 1140 g/mol. The molecule has 430 valence electrons. The van der Waals surface area contributed by atoms with Gasteiger partial charge >= 0.3 is 0 Å². The third-order valence-corrected chi connectivity index (χ3v) is 19.1. The molecule has 10 aromatic rings. The first-order valence-electron chi connectivity index (χ1n) is 31.4. The zero-order chi connectivity index (χ0) is 60.1. The number of para-hydroxylation sites is 3. The van der Waals surface area contributed by atoms with E-state index in [1.165, 1.54) is 77.7 Å². The zero-order valence-electron chi connectivity index (χ0n) is 52.5. The van der Waals surface area contributed by atoms with E-state index in [-0.39, 0.29) is 35.1 Å². The molecule has 0 saturated carbocycles. The zero-order valence-corrected chi connectivity index (χ0v) is 52.5. The van der Waals surface area contributed by atoms with Crippen LogP contribution in [0.15, 0.2) is 206 Å². The predicted octanol–water partition coefficient (Wildman–Crippen LogP) is 17.2. The summed E-state index contributed by atoms with van der Waals surface area (Å²) in [4.78, 5) is 9.97. The molecule has 0 fully saturated rings. The largest absolute Gasteiger partial charge is 0.458 e. The van der Waals surface area contributed by atoms with E-state index >= 15 is 0 Å². The van der Waals surface area contributed by atoms with Gasteiger partial charge in [0, 0.05) is 75.4 Å². The van der Waals surface area contributed by atoms with Crippen LogP contribution in [0, 0.1) is 0 Å². The van der Waals surface area contributed by atoms with Crippen molar-refractivity contribution in [3.05, 3.63) is 234 Å². The maximum Gasteiger partial charge on any atom is 0.256 e. The number of ether oxygens (including phenoxy) is 2. The predicted molar refractivity (Wildman–Crippen MR) is 369 cm³/mol. The summed E-state index contributed by atoms with van der Waals surface area (Å²) in [7, 11) is 0. The highest BCUT2D eigenvalue weighted by atomic mass is 16.5. The van der Waals surface area contributed by atoms with Crippen LogP contribution in [-0.4, -0.2) is 20.0 Å². The van der Waals surface area contributed by atoms with Gasteiger partial charge in [-0.3, -0.25) is 0 Å². The number of anilines is 11.